The van der Waals surface area contributed by atoms with E-state index in [2.05, 4.69) is 12.2 Å². The summed E-state index contributed by atoms with van der Waals surface area (Å²) in [4.78, 5) is 0. The molecule has 0 amide bonds. The highest BCUT2D eigenvalue weighted by Gasteiger charge is 2.13. The van der Waals surface area contributed by atoms with Crippen molar-refractivity contribution in [3.05, 3.63) is 33.8 Å². The van der Waals surface area contributed by atoms with Gasteiger partial charge in [0.15, 0.2) is 11.5 Å². The van der Waals surface area contributed by atoms with Crippen LogP contribution in [0.2, 0.25) is 5.02 Å². The van der Waals surface area contributed by atoms with Crippen molar-refractivity contribution in [2.45, 2.75) is 26.8 Å². The molecule has 0 spiro atoms. The van der Waals surface area contributed by atoms with Crippen molar-refractivity contribution in [2.75, 3.05) is 20.3 Å². The summed E-state index contributed by atoms with van der Waals surface area (Å²) in [6, 6.07) is 3.64. The molecule has 0 aliphatic carbocycles. The van der Waals surface area contributed by atoms with Crippen LogP contribution >= 0.6 is 23.2 Å². The molecule has 0 heterocycles. The van der Waals surface area contributed by atoms with Crippen LogP contribution in [-0.2, 0) is 6.54 Å². The molecule has 0 aliphatic rings. The van der Waals surface area contributed by atoms with Crippen LogP contribution in [0.5, 0.6) is 11.5 Å². The van der Waals surface area contributed by atoms with E-state index < -0.39 is 0 Å². The summed E-state index contributed by atoms with van der Waals surface area (Å²) in [6.45, 7) is 6.07. The van der Waals surface area contributed by atoms with Crippen LogP contribution in [0.25, 0.3) is 0 Å². The first-order valence-electron chi connectivity index (χ1n) is 6.58. The molecular formula is C15H21Cl2NO2. The monoisotopic (exact) mass is 317 g/mol. The molecule has 0 saturated heterocycles. The maximum Gasteiger partial charge on any atom is 0.166 e. The highest BCUT2D eigenvalue weighted by molar-refractivity contribution is 6.30. The number of hydrogen-bond donors (Lipinski definition) is 1. The zero-order valence-electron chi connectivity index (χ0n) is 12.1. The van der Waals surface area contributed by atoms with Crippen molar-refractivity contribution in [3.63, 3.8) is 0 Å². The molecule has 20 heavy (non-hydrogen) atoms. The van der Waals surface area contributed by atoms with E-state index in [1.807, 2.05) is 13.0 Å². The molecule has 0 unspecified atom stereocenters. The minimum atomic E-state index is 0.419. The van der Waals surface area contributed by atoms with Gasteiger partial charge in [0.05, 0.1) is 7.11 Å². The van der Waals surface area contributed by atoms with Crippen molar-refractivity contribution in [1.29, 1.82) is 0 Å². The Bertz CT molecular complexity index is 461. The fourth-order valence-electron chi connectivity index (χ4n) is 1.69. The molecule has 0 bridgehead atoms. The molecule has 1 N–H and O–H groups in total. The van der Waals surface area contributed by atoms with Gasteiger partial charge in [-0.2, -0.15) is 0 Å². The summed E-state index contributed by atoms with van der Waals surface area (Å²) in [5.74, 6) is 1.34. The Labute approximate surface area is 130 Å². The standard InChI is InChI=1S/C15H21Cl2NO2/c1-4-5-18-9-12-6-13(17)7-14(19-3)15(12)20-10-11(2)8-16/h6-8,18H,4-5,9-10H2,1-3H3/b11-8+. The third-order valence-electron chi connectivity index (χ3n) is 2.69. The molecule has 0 fully saturated rings. The van der Waals surface area contributed by atoms with Crippen LogP contribution in [0.3, 0.4) is 0 Å². The van der Waals surface area contributed by atoms with Crippen LogP contribution in [0.15, 0.2) is 23.2 Å². The van der Waals surface area contributed by atoms with E-state index in [1.54, 1.807) is 13.2 Å². The zero-order chi connectivity index (χ0) is 15.0. The van der Waals surface area contributed by atoms with Crippen molar-refractivity contribution >= 4 is 23.2 Å². The summed E-state index contributed by atoms with van der Waals surface area (Å²) >= 11 is 11.8. The highest BCUT2D eigenvalue weighted by Crippen LogP contribution is 2.35. The van der Waals surface area contributed by atoms with E-state index in [-0.39, 0.29) is 0 Å². The van der Waals surface area contributed by atoms with Crippen molar-refractivity contribution in [1.82, 2.24) is 5.32 Å². The van der Waals surface area contributed by atoms with Crippen molar-refractivity contribution in [2.24, 2.45) is 0 Å². The number of ether oxygens (including phenoxy) is 2. The first-order chi connectivity index (χ1) is 9.62. The van der Waals surface area contributed by atoms with Gasteiger partial charge in [-0.05, 0) is 31.5 Å². The third kappa shape index (κ3) is 5.23. The number of rotatable bonds is 8. The Balaban J connectivity index is 2.95. The third-order valence-corrected chi connectivity index (χ3v) is 3.28. The molecule has 3 nitrogen and oxygen atoms in total. The average Bonchev–Trinajstić information content (AvgIpc) is 2.45. The van der Waals surface area contributed by atoms with E-state index in [0.717, 1.165) is 24.1 Å². The van der Waals surface area contributed by atoms with E-state index in [4.69, 9.17) is 32.7 Å². The lowest BCUT2D eigenvalue weighted by Gasteiger charge is -2.16. The first-order valence-corrected chi connectivity index (χ1v) is 7.39. The Morgan fingerprint density at radius 2 is 2.15 bits per heavy atom. The number of nitrogens with one attached hydrogen (secondary N) is 1. The number of benzene rings is 1. The van der Waals surface area contributed by atoms with Gasteiger partial charge in [0.2, 0.25) is 0 Å². The Hall–Kier alpha value is -0.900. The molecule has 112 valence electrons. The SMILES string of the molecule is CCCNCc1cc(Cl)cc(OC)c1OC/C(C)=C/Cl. The number of methoxy groups -OCH3 is 1. The van der Waals surface area contributed by atoms with Gasteiger partial charge in [0.25, 0.3) is 0 Å². The van der Waals surface area contributed by atoms with E-state index >= 15 is 0 Å². The smallest absolute Gasteiger partial charge is 0.166 e. The normalized spacial score (nSPS) is 11.6. The molecule has 0 radical (unpaired) electrons. The van der Waals surface area contributed by atoms with Crippen LogP contribution in [-0.4, -0.2) is 20.3 Å². The van der Waals surface area contributed by atoms with Gasteiger partial charge in [-0.3, -0.25) is 0 Å². The average molecular weight is 318 g/mol. The largest absolute Gasteiger partial charge is 0.493 e. The molecule has 0 saturated carbocycles. The molecule has 1 aromatic rings. The summed E-state index contributed by atoms with van der Waals surface area (Å²) < 4.78 is 11.2. The second-order valence-electron chi connectivity index (χ2n) is 4.52. The Kier molecular flexibility index (Phi) is 7.82. The highest BCUT2D eigenvalue weighted by atomic mass is 35.5. The first kappa shape index (κ1) is 17.2. The quantitative estimate of drug-likeness (QED) is 0.722. The number of hydrogen-bond acceptors (Lipinski definition) is 3. The predicted molar refractivity (Wildman–Crippen MR) is 85.1 cm³/mol. The maximum absolute atomic E-state index is 6.11. The predicted octanol–water partition coefficient (Wildman–Crippen LogP) is 4.37. The van der Waals surface area contributed by atoms with Gasteiger partial charge in [-0.25, -0.2) is 0 Å². The minimum Gasteiger partial charge on any atom is -0.493 e. The van der Waals surface area contributed by atoms with Crippen LogP contribution in [0.4, 0.5) is 0 Å². The van der Waals surface area contributed by atoms with Gasteiger partial charge in [-0.1, -0.05) is 30.1 Å². The summed E-state index contributed by atoms with van der Waals surface area (Å²) in [5.41, 5.74) is 3.43. The second kappa shape index (κ2) is 9.11. The Morgan fingerprint density at radius 1 is 1.40 bits per heavy atom. The lowest BCUT2D eigenvalue weighted by atomic mass is 10.1. The molecule has 5 heteroatoms. The fraction of sp³-hybridized carbons (Fsp3) is 0.467. The van der Waals surface area contributed by atoms with Crippen LogP contribution in [0.1, 0.15) is 25.8 Å². The van der Waals surface area contributed by atoms with Gasteiger partial charge < -0.3 is 14.8 Å². The van der Waals surface area contributed by atoms with Gasteiger partial charge in [0.1, 0.15) is 6.61 Å². The summed E-state index contributed by atoms with van der Waals surface area (Å²) in [5, 5.41) is 3.97. The van der Waals surface area contributed by atoms with Crippen LogP contribution < -0.4 is 14.8 Å². The molecular weight excluding hydrogens is 297 g/mol. The minimum absolute atomic E-state index is 0.419. The lowest BCUT2D eigenvalue weighted by molar-refractivity contribution is 0.315. The Morgan fingerprint density at radius 3 is 2.75 bits per heavy atom. The van der Waals surface area contributed by atoms with Crippen molar-refractivity contribution in [3.8, 4) is 11.5 Å². The molecule has 0 aliphatic heterocycles. The van der Waals surface area contributed by atoms with E-state index in [9.17, 15) is 0 Å². The summed E-state index contributed by atoms with van der Waals surface area (Å²) in [6.07, 6.45) is 1.07. The topological polar surface area (TPSA) is 30.5 Å². The lowest BCUT2D eigenvalue weighted by Crippen LogP contribution is -2.15. The van der Waals surface area contributed by atoms with E-state index in [0.29, 0.717) is 29.7 Å². The van der Waals surface area contributed by atoms with Crippen LogP contribution in [0, 0.1) is 0 Å². The molecule has 0 atom stereocenters. The summed E-state index contributed by atoms with van der Waals surface area (Å²) in [7, 11) is 1.60. The molecule has 0 aromatic heterocycles. The molecule has 1 aromatic carbocycles. The second-order valence-corrected chi connectivity index (χ2v) is 5.17. The maximum atomic E-state index is 6.11. The van der Waals surface area contributed by atoms with Crippen molar-refractivity contribution < 1.29 is 9.47 Å². The van der Waals surface area contributed by atoms with Gasteiger partial charge in [0, 0.05) is 28.7 Å². The zero-order valence-corrected chi connectivity index (χ0v) is 13.6. The molecule has 1 rings (SSSR count). The van der Waals surface area contributed by atoms with Gasteiger partial charge in [-0.15, -0.1) is 0 Å². The fourth-order valence-corrected chi connectivity index (χ4v) is 1.98. The van der Waals surface area contributed by atoms with Gasteiger partial charge >= 0.3 is 0 Å². The number of halogens is 2. The van der Waals surface area contributed by atoms with E-state index in [1.165, 1.54) is 5.54 Å².